The van der Waals surface area contributed by atoms with Gasteiger partial charge in [0.1, 0.15) is 0 Å². The summed E-state index contributed by atoms with van der Waals surface area (Å²) in [5.41, 5.74) is 2.11. The van der Waals surface area contributed by atoms with E-state index in [-0.39, 0.29) is 12.1 Å². The van der Waals surface area contributed by atoms with Crippen molar-refractivity contribution in [1.29, 1.82) is 0 Å². The number of rotatable bonds is 7. The van der Waals surface area contributed by atoms with Crippen molar-refractivity contribution in [3.8, 4) is 5.69 Å². The van der Waals surface area contributed by atoms with E-state index in [1.165, 1.54) is 0 Å². The number of hydrogen-bond donors (Lipinski definition) is 2. The average molecular weight is 315 g/mol. The van der Waals surface area contributed by atoms with Crippen LogP contribution in [0.2, 0.25) is 0 Å². The summed E-state index contributed by atoms with van der Waals surface area (Å²) in [6.07, 6.45) is 5.41. The lowest BCUT2D eigenvalue weighted by molar-refractivity contribution is 0.235. The smallest absolute Gasteiger partial charge is 0.315 e. The van der Waals surface area contributed by atoms with Crippen LogP contribution >= 0.6 is 0 Å². The van der Waals surface area contributed by atoms with Crippen molar-refractivity contribution in [3.63, 3.8) is 0 Å². The van der Waals surface area contributed by atoms with E-state index in [1.54, 1.807) is 12.5 Å². The average Bonchev–Trinajstić information content (AvgIpc) is 3.09. The zero-order valence-corrected chi connectivity index (χ0v) is 14.0. The van der Waals surface area contributed by atoms with E-state index in [9.17, 15) is 4.79 Å². The summed E-state index contributed by atoms with van der Waals surface area (Å²) in [7, 11) is 2.03. The highest BCUT2D eigenvalue weighted by Crippen LogP contribution is 2.15. The van der Waals surface area contributed by atoms with Crippen LogP contribution in [0.5, 0.6) is 0 Å². The molecule has 2 N–H and O–H groups in total. The third-order valence-corrected chi connectivity index (χ3v) is 3.86. The highest BCUT2D eigenvalue weighted by Gasteiger charge is 2.09. The Bertz CT molecular complexity index is 594. The van der Waals surface area contributed by atoms with Gasteiger partial charge in [-0.05, 0) is 38.2 Å². The Balaban J connectivity index is 1.83. The molecule has 2 rings (SSSR count). The van der Waals surface area contributed by atoms with E-state index in [2.05, 4.69) is 27.4 Å². The quantitative estimate of drug-likeness (QED) is 0.823. The lowest BCUT2D eigenvalue weighted by Crippen LogP contribution is -2.40. The van der Waals surface area contributed by atoms with Crippen LogP contribution in [-0.4, -0.2) is 47.2 Å². The maximum atomic E-state index is 11.9. The molecule has 0 fully saturated rings. The Labute approximate surface area is 137 Å². The van der Waals surface area contributed by atoms with Crippen LogP contribution in [0, 0.1) is 0 Å². The van der Waals surface area contributed by atoms with Gasteiger partial charge in [0.2, 0.25) is 0 Å². The maximum absolute atomic E-state index is 11.9. The van der Waals surface area contributed by atoms with Crippen molar-refractivity contribution in [3.05, 3.63) is 48.5 Å². The molecule has 0 bridgehead atoms. The second-order valence-corrected chi connectivity index (χ2v) is 5.58. The fourth-order valence-electron chi connectivity index (χ4n) is 2.20. The van der Waals surface area contributed by atoms with E-state index in [0.717, 1.165) is 24.3 Å². The number of urea groups is 1. The first-order chi connectivity index (χ1) is 11.1. The molecule has 0 aliphatic heterocycles. The fourth-order valence-corrected chi connectivity index (χ4v) is 2.20. The van der Waals surface area contributed by atoms with E-state index in [0.29, 0.717) is 6.54 Å². The molecule has 1 aromatic carbocycles. The van der Waals surface area contributed by atoms with Gasteiger partial charge in [0.15, 0.2) is 0 Å². The molecule has 1 aromatic heterocycles. The summed E-state index contributed by atoms with van der Waals surface area (Å²) < 4.78 is 1.94. The number of likely N-dealkylation sites (N-methyl/N-ethyl adjacent to an activating group) is 1. The van der Waals surface area contributed by atoms with Gasteiger partial charge in [0.25, 0.3) is 0 Å². The third kappa shape index (κ3) is 5.10. The number of nitrogens with one attached hydrogen (secondary N) is 2. The number of aromatic nitrogens is 2. The zero-order valence-electron chi connectivity index (χ0n) is 14.0. The standard InChI is InChI=1S/C17H25N5O/c1-4-21(3)11-10-19-17(23)20-14(2)15-5-7-16(8-6-15)22-12-9-18-13-22/h5-9,12-14H,4,10-11H2,1-3H3,(H2,19,20,23)/t14-/m0/s1. The molecule has 0 radical (unpaired) electrons. The molecule has 0 aliphatic carbocycles. The summed E-state index contributed by atoms with van der Waals surface area (Å²) in [6.45, 7) is 6.53. The highest BCUT2D eigenvalue weighted by atomic mass is 16.2. The molecule has 6 heteroatoms. The Kier molecular flexibility index (Phi) is 6.17. The van der Waals surface area contributed by atoms with Gasteiger partial charge in [0.05, 0.1) is 12.4 Å². The topological polar surface area (TPSA) is 62.2 Å². The third-order valence-electron chi connectivity index (χ3n) is 3.86. The van der Waals surface area contributed by atoms with Gasteiger partial charge in [-0.2, -0.15) is 0 Å². The van der Waals surface area contributed by atoms with Gasteiger partial charge in [-0.15, -0.1) is 0 Å². The molecule has 2 aromatic rings. The van der Waals surface area contributed by atoms with Crippen molar-refractivity contribution in [2.45, 2.75) is 19.9 Å². The number of hydrogen-bond acceptors (Lipinski definition) is 3. The monoisotopic (exact) mass is 315 g/mol. The number of nitrogens with zero attached hydrogens (tertiary/aromatic N) is 3. The second-order valence-electron chi connectivity index (χ2n) is 5.58. The Hall–Kier alpha value is -2.34. The van der Waals surface area contributed by atoms with Gasteiger partial charge >= 0.3 is 6.03 Å². The fraction of sp³-hybridized carbons (Fsp3) is 0.412. The van der Waals surface area contributed by atoms with Crippen LogP contribution in [0.25, 0.3) is 5.69 Å². The molecule has 0 unspecified atom stereocenters. The van der Waals surface area contributed by atoms with Crippen molar-refractivity contribution in [2.24, 2.45) is 0 Å². The first-order valence-electron chi connectivity index (χ1n) is 7.91. The van der Waals surface area contributed by atoms with Gasteiger partial charge in [-0.3, -0.25) is 0 Å². The molecular formula is C17H25N5O. The molecule has 0 spiro atoms. The SMILES string of the molecule is CCN(C)CCNC(=O)N[C@@H](C)c1ccc(-n2ccnc2)cc1. The Morgan fingerprint density at radius 2 is 2.09 bits per heavy atom. The second kappa shape index (κ2) is 8.33. The largest absolute Gasteiger partial charge is 0.337 e. The van der Waals surface area contributed by atoms with E-state index >= 15 is 0 Å². The van der Waals surface area contributed by atoms with Crippen LogP contribution in [-0.2, 0) is 0 Å². The first kappa shape index (κ1) is 17.0. The van der Waals surface area contributed by atoms with Gasteiger partial charge in [-0.1, -0.05) is 19.1 Å². The minimum absolute atomic E-state index is 0.0456. The molecule has 0 saturated carbocycles. The number of amides is 2. The van der Waals surface area contributed by atoms with Crippen molar-refractivity contribution in [1.82, 2.24) is 25.1 Å². The summed E-state index contributed by atoms with van der Waals surface area (Å²) in [5, 5.41) is 5.83. The predicted molar refractivity (Wildman–Crippen MR) is 91.7 cm³/mol. The van der Waals surface area contributed by atoms with E-state index < -0.39 is 0 Å². The Morgan fingerprint density at radius 1 is 1.35 bits per heavy atom. The first-order valence-corrected chi connectivity index (χ1v) is 7.91. The number of benzene rings is 1. The van der Waals surface area contributed by atoms with Crippen LogP contribution in [0.4, 0.5) is 4.79 Å². The van der Waals surface area contributed by atoms with Crippen molar-refractivity contribution in [2.75, 3.05) is 26.7 Å². The minimum Gasteiger partial charge on any atom is -0.337 e. The number of imidazole rings is 1. The van der Waals surface area contributed by atoms with Crippen LogP contribution < -0.4 is 10.6 Å². The summed E-state index contributed by atoms with van der Waals surface area (Å²) >= 11 is 0. The van der Waals surface area contributed by atoms with Crippen LogP contribution in [0.1, 0.15) is 25.5 Å². The molecule has 1 atom stereocenters. The van der Waals surface area contributed by atoms with Crippen LogP contribution in [0.3, 0.4) is 0 Å². The van der Waals surface area contributed by atoms with E-state index in [4.69, 9.17) is 0 Å². The molecular weight excluding hydrogens is 290 g/mol. The van der Waals surface area contributed by atoms with Crippen LogP contribution in [0.15, 0.2) is 43.0 Å². The van der Waals surface area contributed by atoms with E-state index in [1.807, 2.05) is 49.0 Å². The normalized spacial score (nSPS) is 12.2. The molecule has 1 heterocycles. The van der Waals surface area contributed by atoms with Gasteiger partial charge < -0.3 is 20.1 Å². The Morgan fingerprint density at radius 3 is 2.70 bits per heavy atom. The minimum atomic E-state index is -0.138. The molecule has 2 amide bonds. The van der Waals surface area contributed by atoms with Gasteiger partial charge in [0, 0.05) is 31.2 Å². The highest BCUT2D eigenvalue weighted by molar-refractivity contribution is 5.74. The molecule has 6 nitrogen and oxygen atoms in total. The zero-order chi connectivity index (χ0) is 16.7. The summed E-state index contributed by atoms with van der Waals surface area (Å²) in [5.74, 6) is 0. The predicted octanol–water partition coefficient (Wildman–Crippen LogP) is 2.18. The van der Waals surface area contributed by atoms with Gasteiger partial charge in [-0.25, -0.2) is 9.78 Å². The lowest BCUT2D eigenvalue weighted by Gasteiger charge is -2.17. The van der Waals surface area contributed by atoms with Crippen molar-refractivity contribution < 1.29 is 4.79 Å². The summed E-state index contributed by atoms with van der Waals surface area (Å²) in [6, 6.07) is 7.89. The molecule has 23 heavy (non-hydrogen) atoms. The van der Waals surface area contributed by atoms with Crippen molar-refractivity contribution >= 4 is 6.03 Å². The molecule has 124 valence electrons. The summed E-state index contributed by atoms with van der Waals surface area (Å²) in [4.78, 5) is 18.1. The number of carbonyl (C=O) groups excluding carboxylic acids is 1. The molecule has 0 saturated heterocycles. The molecule has 0 aliphatic rings. The lowest BCUT2D eigenvalue weighted by atomic mass is 10.1. The number of carbonyl (C=O) groups is 1. The maximum Gasteiger partial charge on any atom is 0.315 e.